The van der Waals surface area contributed by atoms with Crippen LogP contribution in [0.4, 0.5) is 4.79 Å². The highest BCUT2D eigenvalue weighted by Crippen LogP contribution is 2.13. The van der Waals surface area contributed by atoms with Crippen molar-refractivity contribution in [3.05, 3.63) is 48.6 Å². The molecule has 0 aliphatic heterocycles. The SMILES string of the molecule is C=CCON(Cc1ccccc1)C(=O)OC(C)(C)C. The monoisotopic (exact) mass is 263 g/mol. The quantitative estimate of drug-likeness (QED) is 0.602. The molecule has 1 aromatic carbocycles. The maximum atomic E-state index is 12.0. The minimum Gasteiger partial charge on any atom is -0.442 e. The van der Waals surface area contributed by atoms with E-state index in [1.165, 1.54) is 5.06 Å². The van der Waals surface area contributed by atoms with Gasteiger partial charge in [-0.05, 0) is 26.3 Å². The van der Waals surface area contributed by atoms with Crippen molar-refractivity contribution >= 4 is 6.09 Å². The number of hydrogen-bond acceptors (Lipinski definition) is 3. The molecule has 0 radical (unpaired) electrons. The van der Waals surface area contributed by atoms with Crippen LogP contribution in [0.25, 0.3) is 0 Å². The summed E-state index contributed by atoms with van der Waals surface area (Å²) in [5, 5.41) is 1.21. The van der Waals surface area contributed by atoms with Crippen molar-refractivity contribution in [3.8, 4) is 0 Å². The lowest BCUT2D eigenvalue weighted by Crippen LogP contribution is -2.36. The molecule has 0 heterocycles. The van der Waals surface area contributed by atoms with Gasteiger partial charge >= 0.3 is 6.09 Å². The second kappa shape index (κ2) is 6.95. The van der Waals surface area contributed by atoms with Gasteiger partial charge in [-0.25, -0.2) is 4.79 Å². The number of ether oxygens (including phenoxy) is 1. The van der Waals surface area contributed by atoms with Crippen molar-refractivity contribution in [2.75, 3.05) is 6.61 Å². The van der Waals surface area contributed by atoms with E-state index in [0.29, 0.717) is 6.54 Å². The Kier molecular flexibility index (Phi) is 5.57. The van der Waals surface area contributed by atoms with E-state index in [9.17, 15) is 4.79 Å². The van der Waals surface area contributed by atoms with Gasteiger partial charge in [-0.2, -0.15) is 5.06 Å². The van der Waals surface area contributed by atoms with Crippen LogP contribution in [0.2, 0.25) is 0 Å². The predicted molar refractivity (Wildman–Crippen MR) is 74.4 cm³/mol. The van der Waals surface area contributed by atoms with Crippen molar-refractivity contribution in [2.24, 2.45) is 0 Å². The van der Waals surface area contributed by atoms with E-state index in [2.05, 4.69) is 6.58 Å². The summed E-state index contributed by atoms with van der Waals surface area (Å²) in [6.07, 6.45) is 1.08. The number of benzene rings is 1. The van der Waals surface area contributed by atoms with Gasteiger partial charge in [0.15, 0.2) is 0 Å². The average Bonchev–Trinajstić information content (AvgIpc) is 2.33. The molecule has 4 heteroatoms. The summed E-state index contributed by atoms with van der Waals surface area (Å²) in [5.41, 5.74) is 0.418. The lowest BCUT2D eigenvalue weighted by molar-refractivity contribution is -0.143. The van der Waals surface area contributed by atoms with E-state index in [1.54, 1.807) is 6.08 Å². The van der Waals surface area contributed by atoms with Gasteiger partial charge in [0, 0.05) is 0 Å². The van der Waals surface area contributed by atoms with Crippen molar-refractivity contribution in [2.45, 2.75) is 32.9 Å². The average molecular weight is 263 g/mol. The molecule has 0 spiro atoms. The zero-order valence-electron chi connectivity index (χ0n) is 11.8. The number of hydrogen-bond donors (Lipinski definition) is 0. The fourth-order valence-corrected chi connectivity index (χ4v) is 1.37. The molecule has 0 aromatic heterocycles. The Hall–Kier alpha value is -1.81. The van der Waals surface area contributed by atoms with Gasteiger partial charge in [-0.3, -0.25) is 4.84 Å². The van der Waals surface area contributed by atoms with Gasteiger partial charge in [0.2, 0.25) is 0 Å². The Bertz CT molecular complexity index is 409. The molecule has 0 unspecified atom stereocenters. The van der Waals surface area contributed by atoms with Gasteiger partial charge in [-0.1, -0.05) is 36.4 Å². The summed E-state index contributed by atoms with van der Waals surface area (Å²) in [7, 11) is 0. The molecule has 0 saturated heterocycles. The van der Waals surface area contributed by atoms with Crippen molar-refractivity contribution in [1.82, 2.24) is 5.06 Å². The van der Waals surface area contributed by atoms with Crippen LogP contribution in [-0.4, -0.2) is 23.4 Å². The third kappa shape index (κ3) is 6.06. The molecular weight excluding hydrogens is 242 g/mol. The van der Waals surface area contributed by atoms with E-state index in [1.807, 2.05) is 51.1 Å². The molecule has 0 aliphatic carbocycles. The normalized spacial score (nSPS) is 10.9. The van der Waals surface area contributed by atoms with Crippen molar-refractivity contribution < 1.29 is 14.4 Å². The first-order chi connectivity index (χ1) is 8.92. The van der Waals surface area contributed by atoms with Crippen molar-refractivity contribution in [3.63, 3.8) is 0 Å². The summed E-state index contributed by atoms with van der Waals surface area (Å²) in [6.45, 7) is 9.62. The Labute approximate surface area is 114 Å². The third-order valence-electron chi connectivity index (χ3n) is 2.11. The largest absolute Gasteiger partial charge is 0.442 e. The molecule has 104 valence electrons. The maximum absolute atomic E-state index is 12.0. The fraction of sp³-hybridized carbons (Fsp3) is 0.400. The highest BCUT2D eigenvalue weighted by atomic mass is 16.7. The Morgan fingerprint density at radius 1 is 1.32 bits per heavy atom. The third-order valence-corrected chi connectivity index (χ3v) is 2.11. The summed E-state index contributed by atoms with van der Waals surface area (Å²) in [4.78, 5) is 17.4. The molecule has 1 aromatic rings. The molecule has 0 bridgehead atoms. The van der Waals surface area contributed by atoms with Gasteiger partial charge in [0.1, 0.15) is 5.60 Å². The van der Waals surface area contributed by atoms with E-state index < -0.39 is 11.7 Å². The van der Waals surface area contributed by atoms with E-state index >= 15 is 0 Å². The Balaban J connectivity index is 2.71. The van der Waals surface area contributed by atoms with E-state index in [-0.39, 0.29) is 6.61 Å². The molecule has 1 rings (SSSR count). The minimum absolute atomic E-state index is 0.256. The summed E-state index contributed by atoms with van der Waals surface area (Å²) in [6, 6.07) is 9.60. The van der Waals surface area contributed by atoms with Crippen LogP contribution >= 0.6 is 0 Å². The van der Waals surface area contributed by atoms with Crippen LogP contribution in [0.3, 0.4) is 0 Å². The van der Waals surface area contributed by atoms with E-state index in [0.717, 1.165) is 5.56 Å². The Morgan fingerprint density at radius 3 is 2.47 bits per heavy atom. The van der Waals surface area contributed by atoms with Crippen molar-refractivity contribution in [1.29, 1.82) is 0 Å². The topological polar surface area (TPSA) is 38.8 Å². The van der Waals surface area contributed by atoms with Gasteiger partial charge in [-0.15, -0.1) is 6.58 Å². The highest BCUT2D eigenvalue weighted by Gasteiger charge is 2.22. The van der Waals surface area contributed by atoms with Gasteiger partial charge in [0.25, 0.3) is 0 Å². The number of hydroxylamine groups is 2. The summed E-state index contributed by atoms with van der Waals surface area (Å²) >= 11 is 0. The lowest BCUT2D eigenvalue weighted by Gasteiger charge is -2.26. The molecule has 1 amide bonds. The molecule has 0 saturated carbocycles. The molecule has 0 aliphatic rings. The first kappa shape index (κ1) is 15.2. The predicted octanol–water partition coefficient (Wildman–Crippen LogP) is 3.54. The number of nitrogens with zero attached hydrogens (tertiary/aromatic N) is 1. The standard InChI is InChI=1S/C15H21NO3/c1-5-11-18-16(14(17)19-15(2,3)4)12-13-9-7-6-8-10-13/h5-10H,1,11-12H2,2-4H3. The zero-order valence-corrected chi connectivity index (χ0v) is 11.8. The molecule has 0 fully saturated rings. The minimum atomic E-state index is -0.552. The fourth-order valence-electron chi connectivity index (χ4n) is 1.37. The molecule has 4 nitrogen and oxygen atoms in total. The number of amides is 1. The first-order valence-electron chi connectivity index (χ1n) is 6.20. The number of carbonyl (C=O) groups excluding carboxylic acids is 1. The van der Waals surface area contributed by atoms with Crippen LogP contribution < -0.4 is 0 Å². The van der Waals surface area contributed by atoms with Gasteiger partial charge in [0.05, 0.1) is 13.2 Å². The molecular formula is C15H21NO3. The van der Waals surface area contributed by atoms with Crippen LogP contribution in [0.5, 0.6) is 0 Å². The van der Waals surface area contributed by atoms with E-state index in [4.69, 9.17) is 9.57 Å². The summed E-state index contributed by atoms with van der Waals surface area (Å²) < 4.78 is 5.30. The molecule has 19 heavy (non-hydrogen) atoms. The maximum Gasteiger partial charge on any atom is 0.434 e. The Morgan fingerprint density at radius 2 is 1.95 bits per heavy atom. The molecule has 0 N–H and O–H groups in total. The van der Waals surface area contributed by atoms with Crippen LogP contribution in [-0.2, 0) is 16.1 Å². The highest BCUT2D eigenvalue weighted by molar-refractivity contribution is 5.66. The lowest BCUT2D eigenvalue weighted by atomic mass is 10.2. The van der Waals surface area contributed by atoms with Gasteiger partial charge < -0.3 is 4.74 Å². The second-order valence-corrected chi connectivity index (χ2v) is 5.09. The van der Waals surface area contributed by atoms with Crippen LogP contribution in [0.15, 0.2) is 43.0 Å². The number of carbonyl (C=O) groups is 1. The summed E-state index contributed by atoms with van der Waals surface area (Å²) in [5.74, 6) is 0. The van der Waals surface area contributed by atoms with Crippen LogP contribution in [0.1, 0.15) is 26.3 Å². The van der Waals surface area contributed by atoms with Crippen LogP contribution in [0, 0.1) is 0 Å². The second-order valence-electron chi connectivity index (χ2n) is 5.09. The molecule has 0 atom stereocenters. The smallest absolute Gasteiger partial charge is 0.434 e. The number of rotatable bonds is 5. The zero-order chi connectivity index (χ0) is 14.3. The first-order valence-corrected chi connectivity index (χ1v) is 6.20.